The second-order valence-electron chi connectivity index (χ2n) is 3.91. The Labute approximate surface area is 124 Å². The van der Waals surface area contributed by atoms with Crippen LogP contribution in [0.2, 0.25) is 0 Å². The number of phenols is 1. The van der Waals surface area contributed by atoms with Crippen LogP contribution in [0.4, 0.5) is 0 Å². The Kier molecular flexibility index (Phi) is 6.81. The van der Waals surface area contributed by atoms with Crippen molar-refractivity contribution in [1.29, 1.82) is 0 Å². The van der Waals surface area contributed by atoms with Gasteiger partial charge in [-0.25, -0.2) is 0 Å². The Morgan fingerprint density at radius 3 is 2.06 bits per heavy atom. The number of benzene rings is 2. The summed E-state index contributed by atoms with van der Waals surface area (Å²) < 4.78 is 0. The van der Waals surface area contributed by atoms with Gasteiger partial charge in [-0.2, -0.15) is 0 Å². The van der Waals surface area contributed by atoms with Crippen LogP contribution in [0.25, 0.3) is 11.1 Å². The fourth-order valence-corrected chi connectivity index (χ4v) is 1.93. The summed E-state index contributed by atoms with van der Waals surface area (Å²) in [7, 11) is 9.78. The van der Waals surface area contributed by atoms with Crippen molar-refractivity contribution in [3.05, 3.63) is 53.6 Å². The number of aryl methyl sites for hydroxylation is 2. The quantitative estimate of drug-likeness (QED) is 0.730. The van der Waals surface area contributed by atoms with E-state index in [9.17, 15) is 5.11 Å². The van der Waals surface area contributed by atoms with Crippen LogP contribution in [-0.2, 0) is 17.0 Å². The van der Waals surface area contributed by atoms with Crippen LogP contribution >= 0.6 is 18.6 Å². The van der Waals surface area contributed by atoms with E-state index >= 15 is 0 Å². The molecule has 18 heavy (non-hydrogen) atoms. The maximum absolute atomic E-state index is 9.93. The summed E-state index contributed by atoms with van der Waals surface area (Å²) in [5.74, 6) is 0.360. The van der Waals surface area contributed by atoms with Gasteiger partial charge in [0.25, 0.3) is 0 Å². The van der Waals surface area contributed by atoms with E-state index in [-0.39, 0.29) is 0 Å². The summed E-state index contributed by atoms with van der Waals surface area (Å²) in [4.78, 5) is 0. The van der Waals surface area contributed by atoms with Gasteiger partial charge in [0.2, 0.25) is 0 Å². The predicted molar refractivity (Wildman–Crippen MR) is 74.7 cm³/mol. The monoisotopic (exact) mass is 316 g/mol. The molecule has 0 aliphatic carbocycles. The third kappa shape index (κ3) is 4.33. The zero-order valence-electron chi connectivity index (χ0n) is 10.2. The third-order valence-electron chi connectivity index (χ3n) is 2.52. The molecule has 0 heterocycles. The molecule has 1 N–H and O–H groups in total. The van der Waals surface area contributed by atoms with Crippen molar-refractivity contribution < 1.29 is 22.1 Å². The van der Waals surface area contributed by atoms with Gasteiger partial charge in [-0.05, 0) is 36.6 Å². The summed E-state index contributed by atoms with van der Waals surface area (Å²) >= 11 is -0.556. The zero-order chi connectivity index (χ0) is 13.5. The van der Waals surface area contributed by atoms with Gasteiger partial charge in [0.15, 0.2) is 0 Å². The minimum absolute atomic E-state index is 0.360. The fraction of sp³-hybridized carbons (Fsp3) is 0.143. The molecule has 0 bridgehead atoms. The van der Waals surface area contributed by atoms with Crippen molar-refractivity contribution in [3.63, 3.8) is 0 Å². The van der Waals surface area contributed by atoms with Crippen LogP contribution < -0.4 is 0 Å². The van der Waals surface area contributed by atoms with Gasteiger partial charge >= 0.3 is 35.6 Å². The van der Waals surface area contributed by atoms with Crippen molar-refractivity contribution in [3.8, 4) is 16.9 Å². The number of phenolic OH excluding ortho intramolecular Hbond substituents is 1. The van der Waals surface area contributed by atoms with Crippen molar-refractivity contribution in [2.75, 3.05) is 0 Å². The van der Waals surface area contributed by atoms with Crippen LogP contribution in [-0.4, -0.2) is 5.11 Å². The Balaban J connectivity index is 0.000000492. The molecule has 4 heteroatoms. The van der Waals surface area contributed by atoms with Gasteiger partial charge in [-0.15, -0.1) is 0 Å². The first-order chi connectivity index (χ1) is 8.60. The topological polar surface area (TPSA) is 20.2 Å². The summed E-state index contributed by atoms with van der Waals surface area (Å²) in [6.45, 7) is 4.01. The number of hydrogen-bond acceptors (Lipinski definition) is 1. The van der Waals surface area contributed by atoms with Crippen LogP contribution in [0.3, 0.4) is 0 Å². The molecule has 94 valence electrons. The Hall–Kier alpha value is -0.466. The van der Waals surface area contributed by atoms with Gasteiger partial charge in [-0.1, -0.05) is 36.4 Å². The molecular weight excluding hydrogens is 303 g/mol. The third-order valence-corrected chi connectivity index (χ3v) is 2.52. The molecule has 0 radical (unpaired) electrons. The van der Waals surface area contributed by atoms with Gasteiger partial charge in [0.05, 0.1) is 0 Å². The first-order valence-electron chi connectivity index (χ1n) is 5.42. The Morgan fingerprint density at radius 1 is 1.00 bits per heavy atom. The minimum atomic E-state index is -0.556. The molecule has 0 spiro atoms. The molecule has 0 fully saturated rings. The van der Waals surface area contributed by atoms with Gasteiger partial charge in [-0.3, -0.25) is 0 Å². The van der Waals surface area contributed by atoms with E-state index in [2.05, 4.69) is 6.07 Å². The van der Waals surface area contributed by atoms with Crippen molar-refractivity contribution in [2.45, 2.75) is 13.8 Å². The molecule has 0 amide bonds. The van der Waals surface area contributed by atoms with E-state index < -0.39 is 17.0 Å². The number of aromatic hydroxyl groups is 1. The molecule has 0 aromatic heterocycles. The molecule has 0 saturated heterocycles. The fourth-order valence-electron chi connectivity index (χ4n) is 1.93. The average Bonchev–Trinajstić information content (AvgIpc) is 2.30. The molecule has 1 nitrogen and oxygen atoms in total. The SMILES string of the molecule is Cc1cc(C)c(-c2ccccc2)c(O)c1.[Cl][Ti][Cl]. The standard InChI is InChI=1S/C14H14O.2ClH.Ti/c1-10-8-11(2)14(13(15)9-10)12-6-4-3-5-7-12;;;/h3-9,15H,1-2H3;2*1H;/q;;;+2/p-2. The Morgan fingerprint density at radius 2 is 1.56 bits per heavy atom. The molecule has 0 saturated carbocycles. The molecule has 0 aliphatic heterocycles. The summed E-state index contributed by atoms with van der Waals surface area (Å²) in [6, 6.07) is 13.8. The van der Waals surface area contributed by atoms with E-state index in [4.69, 9.17) is 18.6 Å². The van der Waals surface area contributed by atoms with Crippen molar-refractivity contribution in [1.82, 2.24) is 0 Å². The molecular formula is C14H14Cl2OTi. The molecule has 0 aliphatic rings. The number of hydrogen-bond donors (Lipinski definition) is 1. The summed E-state index contributed by atoms with van der Waals surface area (Å²) in [5, 5.41) is 9.93. The van der Waals surface area contributed by atoms with Crippen LogP contribution in [0.5, 0.6) is 5.75 Å². The van der Waals surface area contributed by atoms with Crippen molar-refractivity contribution >= 4 is 18.6 Å². The van der Waals surface area contributed by atoms with Gasteiger partial charge < -0.3 is 5.11 Å². The van der Waals surface area contributed by atoms with E-state index in [1.54, 1.807) is 6.07 Å². The molecule has 2 rings (SSSR count). The normalized spacial score (nSPS) is 9.33. The zero-order valence-corrected chi connectivity index (χ0v) is 13.3. The molecule has 2 aromatic rings. The molecule has 0 unspecified atom stereocenters. The van der Waals surface area contributed by atoms with E-state index in [0.717, 1.165) is 22.3 Å². The van der Waals surface area contributed by atoms with Crippen molar-refractivity contribution in [2.24, 2.45) is 0 Å². The first-order valence-corrected chi connectivity index (χ1v) is 9.71. The van der Waals surface area contributed by atoms with Crippen LogP contribution in [0.15, 0.2) is 42.5 Å². The summed E-state index contributed by atoms with van der Waals surface area (Å²) in [6.07, 6.45) is 0. The van der Waals surface area contributed by atoms with Gasteiger partial charge in [0, 0.05) is 5.56 Å². The number of rotatable bonds is 1. The molecule has 0 atom stereocenters. The second kappa shape index (κ2) is 7.86. The first kappa shape index (κ1) is 15.6. The van der Waals surface area contributed by atoms with Crippen LogP contribution in [0.1, 0.15) is 11.1 Å². The van der Waals surface area contributed by atoms with E-state index in [1.165, 1.54) is 0 Å². The van der Waals surface area contributed by atoms with E-state index in [1.807, 2.05) is 44.2 Å². The van der Waals surface area contributed by atoms with Crippen LogP contribution in [0, 0.1) is 13.8 Å². The van der Waals surface area contributed by atoms with Gasteiger partial charge in [0.1, 0.15) is 5.75 Å². The molecule has 2 aromatic carbocycles. The second-order valence-corrected chi connectivity index (χ2v) is 6.49. The number of halogens is 2. The summed E-state index contributed by atoms with van der Waals surface area (Å²) in [5.41, 5.74) is 4.19. The average molecular weight is 317 g/mol. The predicted octanol–water partition coefficient (Wildman–Crippen LogP) is 5.05. The maximum atomic E-state index is 9.93. The van der Waals surface area contributed by atoms with E-state index in [0.29, 0.717) is 5.75 Å². The Bertz CT molecular complexity index is 477.